The second-order valence-electron chi connectivity index (χ2n) is 2.18. The Kier molecular flexibility index (Phi) is 1.19. The lowest BCUT2D eigenvalue weighted by Gasteiger charge is -2.05. The van der Waals surface area contributed by atoms with Gasteiger partial charge in [0.05, 0.1) is 5.25 Å². The van der Waals surface area contributed by atoms with Gasteiger partial charge in [0, 0.05) is 0 Å². The molecule has 2 heteroatoms. The molecule has 1 nitrogen and oxygen atoms in total. The third-order valence-electron chi connectivity index (χ3n) is 1.57. The van der Waals surface area contributed by atoms with E-state index < -0.39 is 0 Å². The Morgan fingerprint density at radius 1 is 1.22 bits per heavy atom. The Labute approximate surface area is 58.6 Å². The molecule has 2 unspecified atom stereocenters. The molecule has 0 spiro atoms. The lowest BCUT2D eigenvalue weighted by Crippen LogP contribution is -2.74. The van der Waals surface area contributed by atoms with Gasteiger partial charge in [0.25, 0.3) is 0 Å². The van der Waals surface area contributed by atoms with Crippen LogP contribution in [0.5, 0.6) is 0 Å². The lowest BCUT2D eigenvalue weighted by molar-refractivity contribution is -0.475. The van der Waals surface area contributed by atoms with E-state index in [0.717, 1.165) is 0 Å². The molecule has 0 amide bonds. The first kappa shape index (κ1) is 5.30. The Morgan fingerprint density at radius 2 is 2.11 bits per heavy atom. The van der Waals surface area contributed by atoms with Gasteiger partial charge in [-0.05, 0) is 6.08 Å². The quantitative estimate of drug-likeness (QED) is 0.485. The maximum Gasteiger partial charge on any atom is 0.197 e. The SMILES string of the molecule is C1=CC2[NH+]=CSC2C=C1. The molecule has 0 saturated heterocycles. The van der Waals surface area contributed by atoms with Crippen LogP contribution in [0.1, 0.15) is 0 Å². The molecule has 1 aliphatic carbocycles. The molecule has 0 aromatic carbocycles. The highest BCUT2D eigenvalue weighted by atomic mass is 32.2. The van der Waals surface area contributed by atoms with E-state index in [-0.39, 0.29) is 0 Å². The fourth-order valence-electron chi connectivity index (χ4n) is 1.06. The Bertz CT molecular complexity index is 193. The summed E-state index contributed by atoms with van der Waals surface area (Å²) in [6.45, 7) is 0. The topological polar surface area (TPSA) is 14.0 Å². The van der Waals surface area contributed by atoms with Crippen LogP contribution in [0.25, 0.3) is 0 Å². The van der Waals surface area contributed by atoms with Gasteiger partial charge in [-0.25, -0.2) is 4.99 Å². The molecule has 0 bridgehead atoms. The van der Waals surface area contributed by atoms with E-state index in [2.05, 4.69) is 34.8 Å². The summed E-state index contributed by atoms with van der Waals surface area (Å²) in [4.78, 5) is 3.26. The first-order chi connectivity index (χ1) is 4.47. The van der Waals surface area contributed by atoms with Gasteiger partial charge >= 0.3 is 0 Å². The van der Waals surface area contributed by atoms with Gasteiger partial charge < -0.3 is 0 Å². The number of rotatable bonds is 0. The minimum Gasteiger partial charge on any atom is -0.235 e. The molecular weight excluding hydrogens is 130 g/mol. The molecule has 9 heavy (non-hydrogen) atoms. The summed E-state index contributed by atoms with van der Waals surface area (Å²) in [5.41, 5.74) is 2.06. The number of nitrogens with one attached hydrogen (secondary N) is 1. The van der Waals surface area contributed by atoms with E-state index >= 15 is 0 Å². The van der Waals surface area contributed by atoms with Gasteiger partial charge in [-0.2, -0.15) is 0 Å². The molecular formula is C7H8NS+. The molecule has 1 N–H and O–H groups in total. The third kappa shape index (κ3) is 0.833. The van der Waals surface area contributed by atoms with Crippen LogP contribution < -0.4 is 4.99 Å². The van der Waals surface area contributed by atoms with Crippen molar-refractivity contribution >= 4 is 17.3 Å². The van der Waals surface area contributed by atoms with Crippen molar-refractivity contribution in [1.82, 2.24) is 0 Å². The highest BCUT2D eigenvalue weighted by Crippen LogP contribution is 2.17. The zero-order chi connectivity index (χ0) is 6.10. The van der Waals surface area contributed by atoms with Crippen molar-refractivity contribution in [3.8, 4) is 0 Å². The van der Waals surface area contributed by atoms with E-state index in [9.17, 15) is 0 Å². The standard InChI is InChI=1S/C7H7NS/c1-2-4-7-6(3-1)8-5-9-7/h1-7H/p+1. The van der Waals surface area contributed by atoms with Gasteiger partial charge in [-0.15, -0.1) is 0 Å². The van der Waals surface area contributed by atoms with Crippen LogP contribution in [0, 0.1) is 0 Å². The zero-order valence-electron chi connectivity index (χ0n) is 4.95. The summed E-state index contributed by atoms with van der Waals surface area (Å²) >= 11 is 1.85. The average molecular weight is 138 g/mol. The van der Waals surface area contributed by atoms with Crippen LogP contribution in [0.4, 0.5) is 0 Å². The summed E-state index contributed by atoms with van der Waals surface area (Å²) < 4.78 is 0. The number of thioether (sulfide) groups is 1. The van der Waals surface area contributed by atoms with E-state index in [0.29, 0.717) is 11.3 Å². The van der Waals surface area contributed by atoms with Crippen LogP contribution >= 0.6 is 11.8 Å². The van der Waals surface area contributed by atoms with Crippen molar-refractivity contribution in [3.63, 3.8) is 0 Å². The summed E-state index contributed by atoms with van der Waals surface area (Å²) in [6, 6.07) is 0.556. The van der Waals surface area contributed by atoms with E-state index in [4.69, 9.17) is 0 Å². The largest absolute Gasteiger partial charge is 0.235 e. The molecule has 0 saturated carbocycles. The maximum atomic E-state index is 3.26. The van der Waals surface area contributed by atoms with Crippen LogP contribution in [-0.2, 0) is 0 Å². The van der Waals surface area contributed by atoms with E-state index in [1.165, 1.54) is 0 Å². The predicted octanol–water partition coefficient (Wildman–Crippen LogP) is -0.295. The van der Waals surface area contributed by atoms with Crippen molar-refractivity contribution < 1.29 is 4.99 Å². The Hall–Kier alpha value is -0.500. The molecule has 2 rings (SSSR count). The van der Waals surface area contributed by atoms with Crippen molar-refractivity contribution in [2.24, 2.45) is 0 Å². The van der Waals surface area contributed by atoms with Crippen molar-refractivity contribution in [2.45, 2.75) is 11.3 Å². The molecule has 2 aliphatic rings. The van der Waals surface area contributed by atoms with Crippen molar-refractivity contribution in [2.75, 3.05) is 0 Å². The monoisotopic (exact) mass is 138 g/mol. The van der Waals surface area contributed by atoms with E-state index in [1.807, 2.05) is 11.8 Å². The highest BCUT2D eigenvalue weighted by Gasteiger charge is 2.26. The van der Waals surface area contributed by atoms with Gasteiger partial charge in [0.1, 0.15) is 0 Å². The lowest BCUT2D eigenvalue weighted by atomic mass is 10.1. The molecule has 0 aromatic heterocycles. The van der Waals surface area contributed by atoms with Crippen molar-refractivity contribution in [1.29, 1.82) is 0 Å². The second kappa shape index (κ2) is 2.03. The average Bonchev–Trinajstić information content (AvgIpc) is 2.33. The van der Waals surface area contributed by atoms with Crippen molar-refractivity contribution in [3.05, 3.63) is 24.3 Å². The molecule has 0 radical (unpaired) electrons. The smallest absolute Gasteiger partial charge is 0.197 e. The molecule has 0 fully saturated rings. The fraction of sp³-hybridized carbons (Fsp3) is 0.286. The fourth-order valence-corrected chi connectivity index (χ4v) is 1.98. The summed E-state index contributed by atoms with van der Waals surface area (Å²) in [6.07, 6.45) is 8.62. The third-order valence-corrected chi connectivity index (χ3v) is 2.61. The van der Waals surface area contributed by atoms with Crippen LogP contribution in [0.3, 0.4) is 0 Å². The van der Waals surface area contributed by atoms with E-state index in [1.54, 1.807) is 0 Å². The molecule has 0 aromatic rings. The maximum absolute atomic E-state index is 3.26. The summed E-state index contributed by atoms with van der Waals surface area (Å²) in [7, 11) is 0. The summed E-state index contributed by atoms with van der Waals surface area (Å²) in [5.74, 6) is 0. The van der Waals surface area contributed by atoms with Gasteiger partial charge in [-0.3, -0.25) is 0 Å². The van der Waals surface area contributed by atoms with Gasteiger partial charge in [0.2, 0.25) is 0 Å². The minimum absolute atomic E-state index is 0.556. The first-order valence-corrected chi connectivity index (χ1v) is 3.99. The van der Waals surface area contributed by atoms with Crippen LogP contribution in [0.2, 0.25) is 0 Å². The molecule has 2 atom stereocenters. The van der Waals surface area contributed by atoms with Gasteiger partial charge in [-0.1, -0.05) is 30.0 Å². The molecule has 46 valence electrons. The number of allylic oxidation sites excluding steroid dienone is 2. The summed E-state index contributed by atoms with van der Waals surface area (Å²) in [5, 5.41) is 0.648. The predicted molar refractivity (Wildman–Crippen MR) is 40.5 cm³/mol. The molecule has 1 aliphatic heterocycles. The van der Waals surface area contributed by atoms with Gasteiger partial charge in [0.15, 0.2) is 11.6 Å². The Morgan fingerprint density at radius 3 is 3.00 bits per heavy atom. The normalized spacial score (nSPS) is 37.3. The highest BCUT2D eigenvalue weighted by molar-refractivity contribution is 8.12. The van der Waals surface area contributed by atoms with Crippen LogP contribution in [0.15, 0.2) is 24.3 Å². The minimum atomic E-state index is 0.556. The molecule has 1 heterocycles. The van der Waals surface area contributed by atoms with Crippen LogP contribution in [-0.4, -0.2) is 16.8 Å². The number of fused-ring (bicyclic) bond motifs is 1. The number of hydrogen-bond acceptors (Lipinski definition) is 1. The number of hydrogen-bond donors (Lipinski definition) is 1. The first-order valence-electron chi connectivity index (χ1n) is 3.05. The Balaban J connectivity index is 2.25. The zero-order valence-corrected chi connectivity index (χ0v) is 5.77. The second-order valence-corrected chi connectivity index (χ2v) is 3.23.